The maximum Gasteiger partial charge on any atom is 0.327 e. The zero-order valence-corrected chi connectivity index (χ0v) is 13.6. The van der Waals surface area contributed by atoms with Crippen LogP contribution < -0.4 is 5.32 Å². The quantitative estimate of drug-likeness (QED) is 0.819. The van der Waals surface area contributed by atoms with Gasteiger partial charge in [-0.25, -0.2) is 4.79 Å². The molecule has 2 rings (SSSR count). The zero-order valence-electron chi connectivity index (χ0n) is 12.8. The number of amides is 1. The van der Waals surface area contributed by atoms with E-state index < -0.39 is 12.0 Å². The normalized spacial score (nSPS) is 13.1. The number of hydrogen-bond donors (Lipinski definition) is 2. The van der Waals surface area contributed by atoms with Gasteiger partial charge in [-0.05, 0) is 17.7 Å². The highest BCUT2D eigenvalue weighted by Gasteiger charge is 2.27. The predicted octanol–water partition coefficient (Wildman–Crippen LogP) is 3.19. The molecule has 2 aromatic rings. The molecule has 2 atom stereocenters. The van der Waals surface area contributed by atoms with E-state index in [2.05, 4.69) is 5.32 Å². The number of aliphatic carboxylic acids is 1. The Balaban J connectivity index is 1.97. The molecule has 0 spiro atoms. The second-order valence-corrected chi connectivity index (χ2v) is 6.52. The molecule has 5 heteroatoms. The van der Waals surface area contributed by atoms with Gasteiger partial charge in [-0.15, -0.1) is 0 Å². The average Bonchev–Trinajstić information content (AvgIpc) is 2.58. The SMILES string of the molecule is C[C@H](SCc1ccccc1)[C@H](NC(=O)c1ccccc1)C(=O)O. The molecular formula is C18H19NO3S. The Kier molecular flexibility index (Phi) is 6.23. The second kappa shape index (κ2) is 8.39. The van der Waals surface area contributed by atoms with Crippen molar-refractivity contribution in [3.8, 4) is 0 Å². The minimum Gasteiger partial charge on any atom is -0.480 e. The van der Waals surface area contributed by atoms with Crippen molar-refractivity contribution >= 4 is 23.6 Å². The van der Waals surface area contributed by atoms with Gasteiger partial charge in [0.1, 0.15) is 6.04 Å². The number of rotatable bonds is 7. The fourth-order valence-electron chi connectivity index (χ4n) is 2.09. The molecule has 0 heterocycles. The Morgan fingerprint density at radius 2 is 1.61 bits per heavy atom. The van der Waals surface area contributed by atoms with Crippen molar-refractivity contribution in [3.63, 3.8) is 0 Å². The van der Waals surface area contributed by atoms with E-state index in [0.29, 0.717) is 11.3 Å². The van der Waals surface area contributed by atoms with Crippen LogP contribution in [0.25, 0.3) is 0 Å². The fraction of sp³-hybridized carbons (Fsp3) is 0.222. The number of carbonyl (C=O) groups excluding carboxylic acids is 1. The van der Waals surface area contributed by atoms with Crippen LogP contribution in [0.3, 0.4) is 0 Å². The zero-order chi connectivity index (χ0) is 16.7. The lowest BCUT2D eigenvalue weighted by molar-refractivity contribution is -0.139. The molecule has 0 unspecified atom stereocenters. The van der Waals surface area contributed by atoms with Gasteiger partial charge in [-0.1, -0.05) is 55.5 Å². The second-order valence-electron chi connectivity index (χ2n) is 5.16. The molecule has 4 nitrogen and oxygen atoms in total. The van der Waals surface area contributed by atoms with Crippen molar-refractivity contribution in [3.05, 3.63) is 71.8 Å². The standard InChI is InChI=1S/C18H19NO3S/c1-13(23-12-14-8-4-2-5-9-14)16(18(21)22)19-17(20)15-10-6-3-7-11-15/h2-11,13,16H,12H2,1H3,(H,19,20)(H,21,22)/t13-,16-/m0/s1. The first-order valence-corrected chi connectivity index (χ1v) is 8.37. The minimum atomic E-state index is -1.03. The molecule has 0 bridgehead atoms. The Labute approximate surface area is 139 Å². The lowest BCUT2D eigenvalue weighted by Gasteiger charge is -2.21. The van der Waals surface area contributed by atoms with Crippen LogP contribution in [0.5, 0.6) is 0 Å². The first-order valence-electron chi connectivity index (χ1n) is 7.32. The lowest BCUT2D eigenvalue weighted by Crippen LogP contribution is -2.46. The minimum absolute atomic E-state index is 0.250. The Morgan fingerprint density at radius 1 is 1.04 bits per heavy atom. The van der Waals surface area contributed by atoms with Gasteiger partial charge in [0.05, 0.1) is 0 Å². The van der Waals surface area contributed by atoms with Crippen molar-refractivity contribution in [2.24, 2.45) is 0 Å². The van der Waals surface area contributed by atoms with Gasteiger partial charge in [0.15, 0.2) is 0 Å². The first-order chi connectivity index (χ1) is 11.1. The highest BCUT2D eigenvalue weighted by Crippen LogP contribution is 2.20. The third kappa shape index (κ3) is 5.14. The fourth-order valence-corrected chi connectivity index (χ4v) is 3.12. The number of thioether (sulfide) groups is 1. The largest absolute Gasteiger partial charge is 0.480 e. The number of benzene rings is 2. The molecule has 2 N–H and O–H groups in total. The molecule has 0 fully saturated rings. The van der Waals surface area contributed by atoms with Crippen LogP contribution in [-0.4, -0.2) is 28.3 Å². The van der Waals surface area contributed by atoms with E-state index in [1.807, 2.05) is 43.3 Å². The van der Waals surface area contributed by atoms with Gasteiger partial charge in [0, 0.05) is 16.6 Å². The van der Waals surface area contributed by atoms with Crippen LogP contribution in [0.1, 0.15) is 22.8 Å². The van der Waals surface area contributed by atoms with Crippen molar-refractivity contribution in [2.45, 2.75) is 24.0 Å². The average molecular weight is 329 g/mol. The molecule has 0 saturated heterocycles. The number of hydrogen-bond acceptors (Lipinski definition) is 3. The molecule has 1 amide bonds. The summed E-state index contributed by atoms with van der Waals surface area (Å²) in [4.78, 5) is 23.6. The Morgan fingerprint density at radius 3 is 2.17 bits per heavy atom. The van der Waals surface area contributed by atoms with E-state index in [-0.39, 0.29) is 11.2 Å². The highest BCUT2D eigenvalue weighted by molar-refractivity contribution is 7.99. The first kappa shape index (κ1) is 17.1. The summed E-state index contributed by atoms with van der Waals surface area (Å²) in [6.07, 6.45) is 0. The van der Waals surface area contributed by atoms with Crippen molar-refractivity contribution in [1.29, 1.82) is 0 Å². The number of carbonyl (C=O) groups is 2. The molecule has 0 aliphatic heterocycles. The predicted molar refractivity (Wildman–Crippen MR) is 92.5 cm³/mol. The van der Waals surface area contributed by atoms with E-state index in [1.54, 1.807) is 24.3 Å². The van der Waals surface area contributed by atoms with Gasteiger partial charge < -0.3 is 10.4 Å². The summed E-state index contributed by atoms with van der Waals surface area (Å²) in [7, 11) is 0. The molecule has 0 saturated carbocycles. The molecule has 23 heavy (non-hydrogen) atoms. The number of nitrogens with one attached hydrogen (secondary N) is 1. The van der Waals surface area contributed by atoms with Crippen molar-refractivity contribution in [2.75, 3.05) is 0 Å². The van der Waals surface area contributed by atoms with Gasteiger partial charge in [0.2, 0.25) is 0 Å². The Hall–Kier alpha value is -2.27. The molecule has 2 aromatic carbocycles. The van der Waals surface area contributed by atoms with Crippen LogP contribution in [0.4, 0.5) is 0 Å². The van der Waals surface area contributed by atoms with Crippen LogP contribution in [-0.2, 0) is 10.5 Å². The summed E-state index contributed by atoms with van der Waals surface area (Å²) in [5.41, 5.74) is 1.59. The molecule has 120 valence electrons. The van der Waals surface area contributed by atoms with Gasteiger partial charge in [-0.3, -0.25) is 4.79 Å². The maximum atomic E-state index is 12.2. The summed E-state index contributed by atoms with van der Waals surface area (Å²) < 4.78 is 0. The van der Waals surface area contributed by atoms with Gasteiger partial charge in [-0.2, -0.15) is 11.8 Å². The van der Waals surface area contributed by atoms with Crippen LogP contribution in [0.2, 0.25) is 0 Å². The summed E-state index contributed by atoms with van der Waals surface area (Å²) in [6.45, 7) is 1.82. The summed E-state index contributed by atoms with van der Waals surface area (Å²) in [5.74, 6) is -0.694. The third-order valence-electron chi connectivity index (χ3n) is 3.41. The van der Waals surface area contributed by atoms with Gasteiger partial charge in [0.25, 0.3) is 5.91 Å². The third-order valence-corrected chi connectivity index (χ3v) is 4.71. The Bertz CT molecular complexity index is 646. The summed E-state index contributed by atoms with van der Waals surface area (Å²) >= 11 is 1.51. The van der Waals surface area contributed by atoms with E-state index in [1.165, 1.54) is 11.8 Å². The van der Waals surface area contributed by atoms with Crippen LogP contribution in [0, 0.1) is 0 Å². The van der Waals surface area contributed by atoms with Gasteiger partial charge >= 0.3 is 5.97 Å². The number of carboxylic acid groups (broad SMARTS) is 1. The molecule has 0 aliphatic rings. The van der Waals surface area contributed by atoms with Crippen LogP contribution in [0.15, 0.2) is 60.7 Å². The monoisotopic (exact) mass is 329 g/mol. The molecular weight excluding hydrogens is 310 g/mol. The van der Waals surface area contributed by atoms with Crippen molar-refractivity contribution in [1.82, 2.24) is 5.32 Å². The molecule has 0 radical (unpaired) electrons. The van der Waals surface area contributed by atoms with E-state index in [9.17, 15) is 14.7 Å². The topological polar surface area (TPSA) is 66.4 Å². The number of carboxylic acids is 1. The highest BCUT2D eigenvalue weighted by atomic mass is 32.2. The van der Waals surface area contributed by atoms with E-state index >= 15 is 0 Å². The lowest BCUT2D eigenvalue weighted by atomic mass is 10.1. The van der Waals surface area contributed by atoms with E-state index in [0.717, 1.165) is 5.56 Å². The summed E-state index contributed by atoms with van der Waals surface area (Å²) in [6, 6.07) is 17.5. The van der Waals surface area contributed by atoms with E-state index in [4.69, 9.17) is 0 Å². The summed E-state index contributed by atoms with van der Waals surface area (Å²) in [5, 5.41) is 11.8. The van der Waals surface area contributed by atoms with Crippen molar-refractivity contribution < 1.29 is 14.7 Å². The molecule has 0 aliphatic carbocycles. The van der Waals surface area contributed by atoms with Crippen LogP contribution >= 0.6 is 11.8 Å². The smallest absolute Gasteiger partial charge is 0.327 e. The maximum absolute atomic E-state index is 12.2. The molecule has 0 aromatic heterocycles.